The Hall–Kier alpha value is -2.55. The van der Waals surface area contributed by atoms with Crippen molar-refractivity contribution in [2.75, 3.05) is 5.43 Å². The van der Waals surface area contributed by atoms with Gasteiger partial charge in [0.15, 0.2) is 11.5 Å². The number of hydrogen-bond acceptors (Lipinski definition) is 6. The monoisotopic (exact) mass is 333 g/mol. The fraction of sp³-hybridized carbons (Fsp3) is 0. The van der Waals surface area contributed by atoms with Crippen LogP contribution in [0.15, 0.2) is 35.6 Å². The maximum atomic E-state index is 11.9. The van der Waals surface area contributed by atoms with E-state index in [9.17, 15) is 4.79 Å². The number of H-pyrrole nitrogens is 1. The van der Waals surface area contributed by atoms with Gasteiger partial charge in [0, 0.05) is 16.9 Å². The number of halogens is 1. The van der Waals surface area contributed by atoms with E-state index >= 15 is 0 Å². The lowest BCUT2D eigenvalue weighted by atomic mass is 10.3. The average Bonchev–Trinajstić information content (AvgIpc) is 2.93. The van der Waals surface area contributed by atoms with E-state index in [2.05, 4.69) is 51.7 Å². The summed E-state index contributed by atoms with van der Waals surface area (Å²) in [6.45, 7) is 0. The summed E-state index contributed by atoms with van der Waals surface area (Å²) in [5.41, 5.74) is 6.81. The second-order valence-electron chi connectivity index (χ2n) is 3.79. The summed E-state index contributed by atoms with van der Waals surface area (Å²) in [5.74, 6) is 0.105. The summed E-state index contributed by atoms with van der Waals surface area (Å²) >= 11 is 3.26. The van der Waals surface area contributed by atoms with E-state index < -0.39 is 0 Å². The maximum absolute atomic E-state index is 11.9. The van der Waals surface area contributed by atoms with Crippen LogP contribution in [-0.2, 0) is 0 Å². The van der Waals surface area contributed by atoms with Gasteiger partial charge in [-0.15, -0.1) is 0 Å². The molecule has 0 spiro atoms. The standard InChI is InChI=1S/C11H8BrN7O/c12-7-1-6(2-13-3-7)11(20)19-18-10-8-9(15-4-14-8)16-5-17-10/h1-5H,(H,19,20)(H2,14,15,16,17,18). The van der Waals surface area contributed by atoms with Crippen LogP contribution in [0.1, 0.15) is 10.4 Å². The predicted molar refractivity (Wildman–Crippen MR) is 74.7 cm³/mol. The molecule has 9 heteroatoms. The molecule has 0 aliphatic heterocycles. The first kappa shape index (κ1) is 12.5. The number of aromatic amines is 1. The molecule has 0 saturated heterocycles. The molecule has 0 fully saturated rings. The SMILES string of the molecule is O=C(NNc1ncnc2nc[nH]c12)c1cncc(Br)c1. The average molecular weight is 334 g/mol. The summed E-state index contributed by atoms with van der Waals surface area (Å²) in [4.78, 5) is 30.8. The molecule has 1 amide bonds. The van der Waals surface area contributed by atoms with Crippen LogP contribution in [0.25, 0.3) is 11.2 Å². The van der Waals surface area contributed by atoms with Crippen molar-refractivity contribution in [2.45, 2.75) is 0 Å². The van der Waals surface area contributed by atoms with Crippen molar-refractivity contribution in [1.29, 1.82) is 0 Å². The lowest BCUT2D eigenvalue weighted by Crippen LogP contribution is -2.30. The van der Waals surface area contributed by atoms with Gasteiger partial charge >= 0.3 is 0 Å². The molecule has 0 aromatic carbocycles. The van der Waals surface area contributed by atoms with Crippen LogP contribution in [0.4, 0.5) is 5.82 Å². The molecule has 0 radical (unpaired) electrons. The van der Waals surface area contributed by atoms with Gasteiger partial charge in [-0.05, 0) is 22.0 Å². The van der Waals surface area contributed by atoms with Crippen LogP contribution in [0.2, 0.25) is 0 Å². The highest BCUT2D eigenvalue weighted by Gasteiger charge is 2.09. The molecule has 3 rings (SSSR count). The molecule has 0 aliphatic carbocycles. The first-order chi connectivity index (χ1) is 9.74. The summed E-state index contributed by atoms with van der Waals surface area (Å²) in [5, 5.41) is 0. The van der Waals surface area contributed by atoms with Gasteiger partial charge in [-0.3, -0.25) is 20.6 Å². The molecule has 0 unspecified atom stereocenters. The highest BCUT2D eigenvalue weighted by molar-refractivity contribution is 9.10. The Morgan fingerprint density at radius 3 is 3.00 bits per heavy atom. The third-order valence-corrected chi connectivity index (χ3v) is 2.92. The van der Waals surface area contributed by atoms with Crippen LogP contribution < -0.4 is 10.9 Å². The second-order valence-corrected chi connectivity index (χ2v) is 4.71. The Morgan fingerprint density at radius 1 is 1.25 bits per heavy atom. The quantitative estimate of drug-likeness (QED) is 0.623. The van der Waals surface area contributed by atoms with Crippen LogP contribution in [0.3, 0.4) is 0 Å². The fourth-order valence-corrected chi connectivity index (χ4v) is 1.95. The molecular weight excluding hydrogens is 326 g/mol. The van der Waals surface area contributed by atoms with Crippen molar-refractivity contribution in [2.24, 2.45) is 0 Å². The number of carbonyl (C=O) groups is 1. The number of pyridine rings is 1. The summed E-state index contributed by atoms with van der Waals surface area (Å²) in [6, 6.07) is 1.66. The third-order valence-electron chi connectivity index (χ3n) is 2.48. The van der Waals surface area contributed by atoms with Gasteiger partial charge in [-0.2, -0.15) is 0 Å². The number of hydrazine groups is 1. The minimum Gasteiger partial charge on any atom is -0.340 e. The number of imidazole rings is 1. The largest absolute Gasteiger partial charge is 0.340 e. The van der Waals surface area contributed by atoms with Crippen molar-refractivity contribution < 1.29 is 4.79 Å². The molecule has 0 bridgehead atoms. The van der Waals surface area contributed by atoms with Gasteiger partial charge in [-0.1, -0.05) is 0 Å². The van der Waals surface area contributed by atoms with Crippen molar-refractivity contribution in [3.05, 3.63) is 41.2 Å². The van der Waals surface area contributed by atoms with Crippen LogP contribution >= 0.6 is 15.9 Å². The van der Waals surface area contributed by atoms with E-state index in [0.29, 0.717) is 22.5 Å². The van der Waals surface area contributed by atoms with Gasteiger partial charge in [0.2, 0.25) is 0 Å². The molecule has 3 heterocycles. The molecule has 0 aliphatic rings. The minimum absolute atomic E-state index is 0.329. The fourth-order valence-electron chi connectivity index (χ4n) is 1.58. The van der Waals surface area contributed by atoms with E-state index in [4.69, 9.17) is 0 Å². The van der Waals surface area contributed by atoms with Crippen LogP contribution in [-0.4, -0.2) is 30.8 Å². The van der Waals surface area contributed by atoms with E-state index in [1.807, 2.05) is 0 Å². The zero-order valence-corrected chi connectivity index (χ0v) is 11.5. The van der Waals surface area contributed by atoms with E-state index in [1.165, 1.54) is 18.9 Å². The summed E-state index contributed by atoms with van der Waals surface area (Å²) in [6.07, 6.45) is 5.93. The summed E-state index contributed by atoms with van der Waals surface area (Å²) in [7, 11) is 0. The maximum Gasteiger partial charge on any atom is 0.271 e. The Kier molecular flexibility index (Phi) is 3.25. The van der Waals surface area contributed by atoms with Crippen LogP contribution in [0, 0.1) is 0 Å². The lowest BCUT2D eigenvalue weighted by Gasteiger charge is -2.07. The molecule has 20 heavy (non-hydrogen) atoms. The lowest BCUT2D eigenvalue weighted by molar-refractivity contribution is 0.0962. The first-order valence-corrected chi connectivity index (χ1v) is 6.34. The Labute approximate surface area is 121 Å². The first-order valence-electron chi connectivity index (χ1n) is 5.55. The number of amides is 1. The van der Waals surface area contributed by atoms with Crippen LogP contribution in [0.5, 0.6) is 0 Å². The highest BCUT2D eigenvalue weighted by Crippen LogP contribution is 2.13. The van der Waals surface area contributed by atoms with Crippen molar-refractivity contribution in [3.8, 4) is 0 Å². The number of nitrogens with one attached hydrogen (secondary N) is 3. The van der Waals surface area contributed by atoms with Gasteiger partial charge in [0.25, 0.3) is 5.91 Å². The number of rotatable bonds is 3. The molecule has 3 aromatic rings. The minimum atomic E-state index is -0.329. The van der Waals surface area contributed by atoms with E-state index in [1.54, 1.807) is 12.3 Å². The topological polar surface area (TPSA) is 108 Å². The number of carbonyl (C=O) groups excluding carboxylic acids is 1. The Balaban J connectivity index is 1.76. The number of fused-ring (bicyclic) bond motifs is 1. The zero-order chi connectivity index (χ0) is 13.9. The molecular formula is C11H8BrN7O. The Bertz CT molecular complexity index is 772. The van der Waals surface area contributed by atoms with E-state index in [-0.39, 0.29) is 5.91 Å². The number of nitrogens with zero attached hydrogens (tertiary/aromatic N) is 4. The number of hydrogen-bond donors (Lipinski definition) is 3. The smallest absolute Gasteiger partial charge is 0.271 e. The van der Waals surface area contributed by atoms with Gasteiger partial charge in [-0.25, -0.2) is 15.0 Å². The van der Waals surface area contributed by atoms with Crippen molar-refractivity contribution >= 4 is 38.8 Å². The van der Waals surface area contributed by atoms with E-state index in [0.717, 1.165) is 4.47 Å². The predicted octanol–water partition coefficient (Wildman–Crippen LogP) is 1.27. The summed E-state index contributed by atoms with van der Waals surface area (Å²) < 4.78 is 0.725. The molecule has 3 N–H and O–H groups in total. The highest BCUT2D eigenvalue weighted by atomic mass is 79.9. The molecule has 0 saturated carbocycles. The normalized spacial score (nSPS) is 10.4. The number of aromatic nitrogens is 5. The van der Waals surface area contributed by atoms with Gasteiger partial charge in [0.1, 0.15) is 11.8 Å². The Morgan fingerprint density at radius 2 is 2.15 bits per heavy atom. The van der Waals surface area contributed by atoms with Crippen molar-refractivity contribution in [3.63, 3.8) is 0 Å². The van der Waals surface area contributed by atoms with Crippen molar-refractivity contribution in [1.82, 2.24) is 30.3 Å². The zero-order valence-electron chi connectivity index (χ0n) is 9.96. The molecule has 100 valence electrons. The van der Waals surface area contributed by atoms with Gasteiger partial charge in [0.05, 0.1) is 11.9 Å². The number of anilines is 1. The molecule has 0 atom stereocenters. The molecule has 3 aromatic heterocycles. The second kappa shape index (κ2) is 5.21. The third kappa shape index (κ3) is 2.43. The molecule has 8 nitrogen and oxygen atoms in total. The van der Waals surface area contributed by atoms with Gasteiger partial charge < -0.3 is 4.98 Å².